The van der Waals surface area contributed by atoms with Crippen LogP contribution >= 0.6 is 0 Å². The summed E-state index contributed by atoms with van der Waals surface area (Å²) < 4.78 is 5.19. The quantitative estimate of drug-likeness (QED) is 0.578. The second-order valence-electron chi connectivity index (χ2n) is 4.53. The Bertz CT molecular complexity index is 231. The van der Waals surface area contributed by atoms with E-state index in [1.807, 2.05) is 13.8 Å². The highest BCUT2D eigenvalue weighted by atomic mass is 16.5. The average molecular weight is 216 g/mol. The van der Waals surface area contributed by atoms with Crippen molar-refractivity contribution in [2.24, 2.45) is 0 Å². The number of carbonyl (C=O) groups excluding carboxylic acids is 1. The van der Waals surface area contributed by atoms with E-state index in [0.29, 0.717) is 19.5 Å². The Morgan fingerprint density at radius 1 is 1.67 bits per heavy atom. The maximum absolute atomic E-state index is 11.6. The van der Waals surface area contributed by atoms with Gasteiger partial charge in [-0.05, 0) is 20.3 Å². The van der Waals surface area contributed by atoms with Gasteiger partial charge in [-0.3, -0.25) is 4.79 Å². The molecule has 1 heterocycles. The summed E-state index contributed by atoms with van der Waals surface area (Å²) in [4.78, 5) is 11.6. The molecule has 0 aromatic carbocycles. The molecule has 88 valence electrons. The van der Waals surface area contributed by atoms with Crippen molar-refractivity contribution in [1.29, 1.82) is 0 Å². The summed E-state index contributed by atoms with van der Waals surface area (Å²) in [6.07, 6.45) is 0.0791. The lowest BCUT2D eigenvalue weighted by Crippen LogP contribution is -2.46. The summed E-state index contributed by atoms with van der Waals surface area (Å²) in [6.45, 7) is 4.77. The first-order valence-corrected chi connectivity index (χ1v) is 5.19. The number of aliphatic hydroxyl groups is 1. The van der Waals surface area contributed by atoms with Crippen molar-refractivity contribution >= 4 is 5.91 Å². The predicted octanol–water partition coefficient (Wildman–Crippen LogP) is -0.750. The van der Waals surface area contributed by atoms with Crippen molar-refractivity contribution in [3.8, 4) is 0 Å². The van der Waals surface area contributed by atoms with Gasteiger partial charge in [0.2, 0.25) is 5.91 Å². The zero-order valence-electron chi connectivity index (χ0n) is 9.54. The Labute approximate surface area is 90.2 Å². The van der Waals surface area contributed by atoms with Crippen LogP contribution in [0.3, 0.4) is 0 Å². The normalized spacial score (nSPS) is 26.7. The van der Waals surface area contributed by atoms with E-state index in [0.717, 1.165) is 0 Å². The van der Waals surface area contributed by atoms with Crippen LogP contribution in [0.2, 0.25) is 0 Å². The lowest BCUT2D eigenvalue weighted by Gasteiger charge is -2.24. The van der Waals surface area contributed by atoms with Gasteiger partial charge in [0.25, 0.3) is 0 Å². The van der Waals surface area contributed by atoms with Crippen molar-refractivity contribution in [2.45, 2.75) is 38.0 Å². The van der Waals surface area contributed by atoms with Crippen LogP contribution < -0.4 is 10.6 Å². The van der Waals surface area contributed by atoms with Gasteiger partial charge in [0.1, 0.15) is 0 Å². The van der Waals surface area contributed by atoms with Crippen LogP contribution in [0.15, 0.2) is 0 Å². The molecule has 2 atom stereocenters. The van der Waals surface area contributed by atoms with E-state index < -0.39 is 6.10 Å². The Kier molecular flexibility index (Phi) is 4.07. The lowest BCUT2D eigenvalue weighted by atomic mass is 10.1. The van der Waals surface area contributed by atoms with Crippen LogP contribution in [0.1, 0.15) is 20.3 Å². The van der Waals surface area contributed by atoms with Gasteiger partial charge in [-0.2, -0.15) is 0 Å². The molecule has 1 saturated heterocycles. The molecule has 0 spiro atoms. The summed E-state index contributed by atoms with van der Waals surface area (Å²) in [5.41, 5.74) is -0.354. The third kappa shape index (κ3) is 3.77. The van der Waals surface area contributed by atoms with Gasteiger partial charge < -0.3 is 20.5 Å². The second-order valence-corrected chi connectivity index (χ2v) is 4.53. The summed E-state index contributed by atoms with van der Waals surface area (Å²) in [5, 5.41) is 15.0. The van der Waals surface area contributed by atoms with Crippen molar-refractivity contribution < 1.29 is 14.6 Å². The van der Waals surface area contributed by atoms with E-state index >= 15 is 0 Å². The minimum absolute atomic E-state index is 0.0725. The van der Waals surface area contributed by atoms with Crippen molar-refractivity contribution in [3.63, 3.8) is 0 Å². The molecule has 3 N–H and O–H groups in total. The highest BCUT2D eigenvalue weighted by Crippen LogP contribution is 2.08. The maximum Gasteiger partial charge on any atom is 0.237 e. The van der Waals surface area contributed by atoms with E-state index in [2.05, 4.69) is 10.6 Å². The Hall–Kier alpha value is -0.650. The molecular formula is C10H20N2O3. The lowest BCUT2D eigenvalue weighted by molar-refractivity contribution is -0.124. The molecule has 5 nitrogen and oxygen atoms in total. The van der Waals surface area contributed by atoms with Gasteiger partial charge in [-0.15, -0.1) is 0 Å². The van der Waals surface area contributed by atoms with Crippen molar-refractivity contribution in [3.05, 3.63) is 0 Å². The van der Waals surface area contributed by atoms with Gasteiger partial charge in [-0.1, -0.05) is 0 Å². The molecule has 0 radical (unpaired) electrons. The zero-order valence-corrected chi connectivity index (χ0v) is 9.54. The number of β-amino-alcohol motifs (C(OH)–C–C–N with tert-alkyl or cyclic N) is 1. The fraction of sp³-hybridized carbons (Fsp3) is 0.900. The molecule has 15 heavy (non-hydrogen) atoms. The maximum atomic E-state index is 11.6. The molecule has 0 bridgehead atoms. The molecular weight excluding hydrogens is 196 g/mol. The number of nitrogens with one attached hydrogen (secondary N) is 2. The SMILES string of the molecule is COC(C)(C)CNC(=O)C1CC(O)CN1. The highest BCUT2D eigenvalue weighted by Gasteiger charge is 2.29. The fourth-order valence-corrected chi connectivity index (χ4v) is 1.41. The number of methoxy groups -OCH3 is 1. The third-order valence-electron chi connectivity index (χ3n) is 2.67. The molecule has 0 aromatic heterocycles. The first-order valence-electron chi connectivity index (χ1n) is 5.19. The summed E-state index contributed by atoms with van der Waals surface area (Å²) in [5.74, 6) is -0.0725. The highest BCUT2D eigenvalue weighted by molar-refractivity contribution is 5.82. The number of amides is 1. The van der Waals surface area contributed by atoms with E-state index in [-0.39, 0.29) is 17.6 Å². The van der Waals surface area contributed by atoms with E-state index in [1.165, 1.54) is 0 Å². The minimum Gasteiger partial charge on any atom is -0.392 e. The standard InChI is InChI=1S/C10H20N2O3/c1-10(2,15-3)6-12-9(14)8-4-7(13)5-11-8/h7-8,11,13H,4-6H2,1-3H3,(H,12,14). The molecule has 1 rings (SSSR count). The van der Waals surface area contributed by atoms with Gasteiger partial charge in [0, 0.05) is 20.2 Å². The first-order chi connectivity index (χ1) is 6.94. The van der Waals surface area contributed by atoms with Crippen LogP contribution in [0.25, 0.3) is 0 Å². The summed E-state index contributed by atoms with van der Waals surface area (Å²) >= 11 is 0. The third-order valence-corrected chi connectivity index (χ3v) is 2.67. The van der Waals surface area contributed by atoms with Gasteiger partial charge >= 0.3 is 0 Å². The molecule has 0 saturated carbocycles. The number of hydrogen-bond acceptors (Lipinski definition) is 4. The Balaban J connectivity index is 2.30. The summed E-state index contributed by atoms with van der Waals surface area (Å²) in [7, 11) is 1.61. The largest absolute Gasteiger partial charge is 0.392 e. The van der Waals surface area contributed by atoms with Gasteiger partial charge in [-0.25, -0.2) is 0 Å². The van der Waals surface area contributed by atoms with Crippen molar-refractivity contribution in [1.82, 2.24) is 10.6 Å². The fourth-order valence-electron chi connectivity index (χ4n) is 1.41. The van der Waals surface area contributed by atoms with E-state index in [9.17, 15) is 9.90 Å². The minimum atomic E-state index is -0.406. The van der Waals surface area contributed by atoms with Gasteiger partial charge in [0.15, 0.2) is 0 Å². The number of aliphatic hydroxyl groups excluding tert-OH is 1. The van der Waals surface area contributed by atoms with E-state index in [4.69, 9.17) is 4.74 Å². The number of ether oxygens (including phenoxy) is 1. The molecule has 1 aliphatic heterocycles. The molecule has 1 fully saturated rings. The Morgan fingerprint density at radius 3 is 2.80 bits per heavy atom. The molecule has 0 aliphatic carbocycles. The van der Waals surface area contributed by atoms with Crippen LogP contribution in [0.4, 0.5) is 0 Å². The summed E-state index contributed by atoms with van der Waals surface area (Å²) in [6, 6.07) is -0.271. The van der Waals surface area contributed by atoms with Crippen LogP contribution in [0.5, 0.6) is 0 Å². The molecule has 1 aliphatic rings. The average Bonchev–Trinajstić information content (AvgIpc) is 2.61. The molecule has 1 amide bonds. The number of rotatable bonds is 4. The van der Waals surface area contributed by atoms with Crippen LogP contribution in [-0.2, 0) is 9.53 Å². The second kappa shape index (κ2) is 4.92. The monoisotopic (exact) mass is 216 g/mol. The number of carbonyl (C=O) groups is 1. The predicted molar refractivity (Wildman–Crippen MR) is 56.5 cm³/mol. The van der Waals surface area contributed by atoms with Crippen LogP contribution in [0, 0.1) is 0 Å². The topological polar surface area (TPSA) is 70.6 Å². The van der Waals surface area contributed by atoms with Crippen molar-refractivity contribution in [2.75, 3.05) is 20.2 Å². The first kappa shape index (κ1) is 12.4. The smallest absolute Gasteiger partial charge is 0.237 e. The number of hydrogen-bond donors (Lipinski definition) is 3. The molecule has 2 unspecified atom stereocenters. The zero-order chi connectivity index (χ0) is 11.5. The molecule has 5 heteroatoms. The van der Waals surface area contributed by atoms with Crippen LogP contribution in [-0.4, -0.2) is 49.0 Å². The Morgan fingerprint density at radius 2 is 2.33 bits per heavy atom. The molecule has 0 aromatic rings. The van der Waals surface area contributed by atoms with Gasteiger partial charge in [0.05, 0.1) is 17.7 Å². The van der Waals surface area contributed by atoms with E-state index in [1.54, 1.807) is 7.11 Å².